The second-order valence-corrected chi connectivity index (χ2v) is 30.3. The second-order valence-electron chi connectivity index (χ2n) is 15.3. The van der Waals surface area contributed by atoms with E-state index < -0.39 is 24.7 Å². The monoisotopic (exact) mass is 614 g/mol. The number of hydrogen-bond acceptors (Lipinski definition) is 6. The molecule has 1 saturated carbocycles. The fraction of sp³-hybridized carbons (Fsp3) is 0.806. The first kappa shape index (κ1) is 39.0. The minimum atomic E-state index is -2.00. The molecular formula is C31H62O6Si3. The Morgan fingerprint density at radius 1 is 0.800 bits per heavy atom. The van der Waals surface area contributed by atoms with E-state index in [4.69, 9.17) is 13.6 Å². The van der Waals surface area contributed by atoms with Crippen LogP contribution in [0.1, 0.15) is 74.1 Å². The molecule has 1 aliphatic rings. The van der Waals surface area contributed by atoms with Crippen LogP contribution < -0.4 is 0 Å². The van der Waals surface area contributed by atoms with Gasteiger partial charge in [0.25, 0.3) is 0 Å². The van der Waals surface area contributed by atoms with Crippen molar-refractivity contribution in [3.05, 3.63) is 23.3 Å². The molecule has 1 fully saturated rings. The maximum Gasteiger partial charge on any atom is 0.330 e. The van der Waals surface area contributed by atoms with Gasteiger partial charge in [0.1, 0.15) is 0 Å². The first-order valence-corrected chi connectivity index (χ1v) is 24.3. The van der Waals surface area contributed by atoms with Gasteiger partial charge in [0.15, 0.2) is 16.6 Å². The lowest BCUT2D eigenvalue weighted by molar-refractivity contribution is -0.138. The summed E-state index contributed by atoms with van der Waals surface area (Å²) in [5.41, 5.74) is 2.34. The molecule has 1 rings (SSSR count). The van der Waals surface area contributed by atoms with Crippen LogP contribution in [0, 0.1) is 0 Å². The number of hydrogen-bond donors (Lipinski definition) is 0. The predicted molar refractivity (Wildman–Crippen MR) is 177 cm³/mol. The van der Waals surface area contributed by atoms with Gasteiger partial charge in [0.2, 0.25) is 0 Å². The number of carbonyl (C=O) groups excluding carboxylic acids is 2. The number of rotatable bonds is 9. The van der Waals surface area contributed by atoms with Crippen LogP contribution in [0.25, 0.3) is 0 Å². The summed E-state index contributed by atoms with van der Waals surface area (Å²) in [5, 5.41) is 0.227. The third-order valence-corrected chi connectivity index (χ3v) is 18.5. The van der Waals surface area contributed by atoms with Crippen LogP contribution in [0.2, 0.25) is 61.9 Å². The van der Waals surface area contributed by atoms with Crippen molar-refractivity contribution in [1.29, 1.82) is 0 Å². The molecular weight excluding hydrogens is 553 g/mol. The van der Waals surface area contributed by atoms with Crippen molar-refractivity contribution < 1.29 is 27.9 Å². The van der Waals surface area contributed by atoms with E-state index in [1.807, 2.05) is 0 Å². The van der Waals surface area contributed by atoms with E-state index in [-0.39, 0.29) is 34.2 Å². The zero-order chi connectivity index (χ0) is 31.7. The molecule has 0 aromatic carbocycles. The van der Waals surface area contributed by atoms with Crippen LogP contribution in [0.15, 0.2) is 23.3 Å². The molecule has 1 aliphatic carbocycles. The van der Waals surface area contributed by atoms with E-state index in [1.165, 1.54) is 19.8 Å². The minimum absolute atomic E-state index is 0.0492. The molecule has 0 saturated heterocycles. The van der Waals surface area contributed by atoms with E-state index in [2.05, 4.69) is 105 Å². The lowest BCUT2D eigenvalue weighted by atomic mass is 9.85. The Bertz CT molecular complexity index is 844. The van der Waals surface area contributed by atoms with Crippen LogP contribution in [0.3, 0.4) is 0 Å². The average Bonchev–Trinajstić information content (AvgIpc) is 2.75. The summed E-state index contributed by atoms with van der Waals surface area (Å²) in [6.45, 7) is 31.4. The summed E-state index contributed by atoms with van der Waals surface area (Å²) in [6, 6.07) is 0.628. The van der Waals surface area contributed by atoms with E-state index >= 15 is 0 Å². The van der Waals surface area contributed by atoms with Gasteiger partial charge >= 0.3 is 11.9 Å². The summed E-state index contributed by atoms with van der Waals surface area (Å²) >= 11 is 0. The Balaban J connectivity index is 0.00000144. The molecule has 0 unspecified atom stereocenters. The quantitative estimate of drug-likeness (QED) is 0.112. The smallest absolute Gasteiger partial charge is 0.330 e. The van der Waals surface area contributed by atoms with Crippen molar-refractivity contribution in [3.8, 4) is 0 Å². The first-order chi connectivity index (χ1) is 17.9. The molecule has 0 spiro atoms. The maximum absolute atomic E-state index is 12.1. The molecule has 9 heteroatoms. The Morgan fingerprint density at radius 3 is 1.50 bits per heavy atom. The summed E-state index contributed by atoms with van der Waals surface area (Å²) in [6.07, 6.45) is 7.47. The zero-order valence-electron chi connectivity index (χ0n) is 28.8. The molecule has 0 amide bonds. The van der Waals surface area contributed by atoms with E-state index in [1.54, 1.807) is 6.08 Å². The minimum Gasteiger partial charge on any atom is -0.469 e. The average molecular weight is 615 g/mol. The fourth-order valence-corrected chi connectivity index (χ4v) is 7.29. The summed E-state index contributed by atoms with van der Waals surface area (Å²) in [7, 11) is -2.36. The highest BCUT2D eigenvalue weighted by molar-refractivity contribution is 6.78. The molecule has 40 heavy (non-hydrogen) atoms. The largest absolute Gasteiger partial charge is 0.469 e. The summed E-state index contributed by atoms with van der Waals surface area (Å²) in [4.78, 5) is 22.7. The molecule has 234 valence electrons. The van der Waals surface area contributed by atoms with Gasteiger partial charge in [-0.1, -0.05) is 86.2 Å². The van der Waals surface area contributed by atoms with Crippen molar-refractivity contribution in [2.45, 2.75) is 148 Å². The van der Waals surface area contributed by atoms with Crippen LogP contribution in [-0.4, -0.2) is 63.1 Å². The molecule has 0 aromatic heterocycles. The second kappa shape index (κ2) is 15.5. The molecule has 0 aromatic rings. The number of carbonyl (C=O) groups is 2. The number of allylic oxidation sites excluding steroid dienone is 1. The van der Waals surface area contributed by atoms with Crippen molar-refractivity contribution in [3.63, 3.8) is 0 Å². The highest BCUT2D eigenvalue weighted by Crippen LogP contribution is 2.44. The normalized spacial score (nSPS) is 18.9. The van der Waals surface area contributed by atoms with Gasteiger partial charge in [-0.2, -0.15) is 0 Å². The molecule has 0 radical (unpaired) electrons. The van der Waals surface area contributed by atoms with Crippen LogP contribution >= 0.6 is 0 Å². The fourth-order valence-electron chi connectivity index (χ4n) is 3.71. The van der Waals surface area contributed by atoms with Crippen molar-refractivity contribution in [1.82, 2.24) is 0 Å². The Labute approximate surface area is 249 Å². The predicted octanol–water partition coefficient (Wildman–Crippen LogP) is 8.88. The third-order valence-electron chi connectivity index (χ3n) is 8.22. The topological polar surface area (TPSA) is 71.1 Å². The van der Waals surface area contributed by atoms with E-state index in [0.29, 0.717) is 6.04 Å². The van der Waals surface area contributed by atoms with Gasteiger partial charge in [-0.15, -0.1) is 0 Å². The molecule has 0 heterocycles. The van der Waals surface area contributed by atoms with Gasteiger partial charge < -0.3 is 18.3 Å². The number of ether oxygens (including phenoxy) is 2. The van der Waals surface area contributed by atoms with Crippen LogP contribution in [0.5, 0.6) is 0 Å². The Morgan fingerprint density at radius 2 is 1.23 bits per heavy atom. The highest BCUT2D eigenvalue weighted by atomic mass is 28.4. The number of unbranched alkanes of at least 4 members (excludes halogenated alkanes) is 1. The van der Waals surface area contributed by atoms with Gasteiger partial charge in [0, 0.05) is 12.1 Å². The van der Waals surface area contributed by atoms with E-state index in [0.717, 1.165) is 31.3 Å². The van der Waals surface area contributed by atoms with Gasteiger partial charge in [0.05, 0.1) is 34.5 Å². The van der Waals surface area contributed by atoms with Crippen molar-refractivity contribution >= 4 is 36.6 Å². The van der Waals surface area contributed by atoms with E-state index in [9.17, 15) is 9.59 Å². The Kier molecular flexibility index (Phi) is 15.1. The van der Waals surface area contributed by atoms with Gasteiger partial charge in [-0.05, 0) is 61.1 Å². The molecule has 0 bridgehead atoms. The lowest BCUT2D eigenvalue weighted by Crippen LogP contribution is -2.50. The van der Waals surface area contributed by atoms with Crippen molar-refractivity contribution in [2.24, 2.45) is 0 Å². The molecule has 0 aliphatic heterocycles. The van der Waals surface area contributed by atoms with Crippen LogP contribution in [0.4, 0.5) is 0 Å². The molecule has 2 atom stereocenters. The third kappa shape index (κ3) is 13.3. The van der Waals surface area contributed by atoms with Crippen LogP contribution in [-0.2, 0) is 27.9 Å². The van der Waals surface area contributed by atoms with Crippen molar-refractivity contribution in [2.75, 3.05) is 14.2 Å². The van der Waals surface area contributed by atoms with Gasteiger partial charge in [-0.3, -0.25) is 4.79 Å². The molecule has 6 nitrogen and oxygen atoms in total. The SMILES string of the molecule is CCCC=C1[C@H](O[Si](C)(C)C(C)(C)C)CC(=CC(=O)OC)C[C@H]1O[Si](C)(C)C(C)(C)C.COC(=O)C[Si](C)(C)C. The lowest BCUT2D eigenvalue weighted by Gasteiger charge is -2.46. The zero-order valence-corrected chi connectivity index (χ0v) is 31.8. The summed E-state index contributed by atoms with van der Waals surface area (Å²) < 4.78 is 23.3. The maximum atomic E-state index is 12.1. The Hall–Kier alpha value is -1.01. The standard InChI is InChI=1S/C25H48O4Si2.C6H14O2Si/c1-13-14-15-20-21(28-30(9,10)24(2,3)4)16-19(18-23(26)27-8)17-22(20)29-31(11,12)25(5,6)7;1-8-6(7)5-9(2,3)4/h15,18,21-22H,13-14,16-17H2,1-12H3;5H2,1-4H3/t21-,22-;/m1./s1. The first-order valence-electron chi connectivity index (χ1n) is 14.8. The molecule has 0 N–H and O–H groups in total. The number of esters is 2. The van der Waals surface area contributed by atoms with Gasteiger partial charge in [-0.25, -0.2) is 4.79 Å². The number of methoxy groups -OCH3 is 2. The highest BCUT2D eigenvalue weighted by Gasteiger charge is 2.45. The summed E-state index contributed by atoms with van der Waals surface area (Å²) in [5.74, 6) is -0.373.